The van der Waals surface area contributed by atoms with Gasteiger partial charge in [-0.2, -0.15) is 0 Å². The first-order chi connectivity index (χ1) is 12.8. The van der Waals surface area contributed by atoms with Crippen molar-refractivity contribution in [3.63, 3.8) is 0 Å². The first kappa shape index (κ1) is 18.2. The van der Waals surface area contributed by atoms with Gasteiger partial charge in [-0.3, -0.25) is 9.78 Å². The van der Waals surface area contributed by atoms with Crippen molar-refractivity contribution in [3.8, 4) is 5.75 Å². The van der Waals surface area contributed by atoms with E-state index >= 15 is 0 Å². The number of hydrogen-bond donors (Lipinski definition) is 1. The maximum atomic E-state index is 12.4. The number of pyridine rings is 1. The fraction of sp³-hybridized carbons (Fsp3) is 0.400. The van der Waals surface area contributed by atoms with E-state index in [2.05, 4.69) is 21.3 Å². The van der Waals surface area contributed by atoms with Crippen LogP contribution in [0.3, 0.4) is 0 Å². The molecule has 3 rings (SSSR count). The van der Waals surface area contributed by atoms with Gasteiger partial charge in [0.2, 0.25) is 5.91 Å². The number of para-hydroxylation sites is 2. The Morgan fingerprint density at radius 1 is 1.12 bits per heavy atom. The molecular weight excluding hydrogens is 328 g/mol. The molecule has 2 heterocycles. The molecule has 1 aliphatic rings. The van der Waals surface area contributed by atoms with E-state index in [9.17, 15) is 4.79 Å². The molecule has 2 aromatic rings. The number of rotatable bonds is 7. The van der Waals surface area contributed by atoms with E-state index in [0.717, 1.165) is 44.2 Å². The SMILES string of the molecule is COc1ccccc1N1CCN(C(=O)CCNCc2ccncc2)CC1. The van der Waals surface area contributed by atoms with E-state index in [1.54, 1.807) is 19.5 Å². The lowest BCUT2D eigenvalue weighted by Crippen LogP contribution is -2.49. The molecule has 1 amide bonds. The fourth-order valence-electron chi connectivity index (χ4n) is 3.17. The zero-order valence-corrected chi connectivity index (χ0v) is 15.2. The average Bonchev–Trinajstić information content (AvgIpc) is 2.72. The van der Waals surface area contributed by atoms with Gasteiger partial charge in [0.1, 0.15) is 5.75 Å². The van der Waals surface area contributed by atoms with Gasteiger partial charge in [-0.15, -0.1) is 0 Å². The summed E-state index contributed by atoms with van der Waals surface area (Å²) >= 11 is 0. The molecule has 26 heavy (non-hydrogen) atoms. The molecule has 138 valence electrons. The van der Waals surface area contributed by atoms with Gasteiger partial charge in [0.05, 0.1) is 12.8 Å². The molecule has 1 saturated heterocycles. The Bertz CT molecular complexity index is 700. The minimum atomic E-state index is 0.215. The smallest absolute Gasteiger partial charge is 0.223 e. The summed E-state index contributed by atoms with van der Waals surface area (Å²) in [4.78, 5) is 20.7. The third-order valence-electron chi connectivity index (χ3n) is 4.65. The Labute approximate surface area is 154 Å². The number of carbonyl (C=O) groups excluding carboxylic acids is 1. The van der Waals surface area contributed by atoms with Gasteiger partial charge in [-0.25, -0.2) is 0 Å². The monoisotopic (exact) mass is 354 g/mol. The van der Waals surface area contributed by atoms with Gasteiger partial charge >= 0.3 is 0 Å². The molecule has 6 heteroatoms. The molecule has 0 bridgehead atoms. The normalized spacial score (nSPS) is 14.3. The van der Waals surface area contributed by atoms with Crippen LogP contribution in [-0.4, -0.2) is 55.6 Å². The van der Waals surface area contributed by atoms with Crippen molar-refractivity contribution < 1.29 is 9.53 Å². The summed E-state index contributed by atoms with van der Waals surface area (Å²) in [5, 5.41) is 3.32. The molecule has 1 fully saturated rings. The van der Waals surface area contributed by atoms with E-state index in [1.165, 1.54) is 5.56 Å². The Morgan fingerprint density at radius 3 is 2.58 bits per heavy atom. The van der Waals surface area contributed by atoms with Crippen LogP contribution in [0.25, 0.3) is 0 Å². The molecule has 1 N–H and O–H groups in total. The molecule has 0 spiro atoms. The molecule has 0 aliphatic carbocycles. The van der Waals surface area contributed by atoms with Crippen molar-refractivity contribution in [2.24, 2.45) is 0 Å². The minimum Gasteiger partial charge on any atom is -0.495 e. The molecule has 0 radical (unpaired) electrons. The Balaban J connectivity index is 1.41. The fourth-order valence-corrected chi connectivity index (χ4v) is 3.17. The molecular formula is C20H26N4O2. The van der Waals surface area contributed by atoms with E-state index in [0.29, 0.717) is 13.0 Å². The number of methoxy groups -OCH3 is 1. The second-order valence-corrected chi connectivity index (χ2v) is 6.32. The predicted molar refractivity (Wildman–Crippen MR) is 102 cm³/mol. The lowest BCUT2D eigenvalue weighted by atomic mass is 10.2. The summed E-state index contributed by atoms with van der Waals surface area (Å²) < 4.78 is 5.44. The summed E-state index contributed by atoms with van der Waals surface area (Å²) in [6.45, 7) is 4.61. The van der Waals surface area contributed by atoms with E-state index in [-0.39, 0.29) is 5.91 Å². The lowest BCUT2D eigenvalue weighted by molar-refractivity contribution is -0.131. The minimum absolute atomic E-state index is 0.215. The highest BCUT2D eigenvalue weighted by Gasteiger charge is 2.22. The maximum Gasteiger partial charge on any atom is 0.223 e. The number of piperazine rings is 1. The highest BCUT2D eigenvalue weighted by atomic mass is 16.5. The van der Waals surface area contributed by atoms with Gasteiger partial charge in [-0.1, -0.05) is 12.1 Å². The highest BCUT2D eigenvalue weighted by Crippen LogP contribution is 2.28. The summed E-state index contributed by atoms with van der Waals surface area (Å²) in [5.74, 6) is 1.10. The van der Waals surface area contributed by atoms with Crippen LogP contribution >= 0.6 is 0 Å². The number of anilines is 1. The van der Waals surface area contributed by atoms with Gasteiger partial charge in [0.15, 0.2) is 0 Å². The van der Waals surface area contributed by atoms with E-state index < -0.39 is 0 Å². The summed E-state index contributed by atoms with van der Waals surface area (Å²) in [6, 6.07) is 12.0. The van der Waals surface area contributed by atoms with Crippen molar-refractivity contribution in [2.45, 2.75) is 13.0 Å². The second-order valence-electron chi connectivity index (χ2n) is 6.32. The van der Waals surface area contributed by atoms with Crippen molar-refractivity contribution in [3.05, 3.63) is 54.4 Å². The largest absolute Gasteiger partial charge is 0.495 e. The number of amides is 1. The lowest BCUT2D eigenvalue weighted by Gasteiger charge is -2.36. The average molecular weight is 354 g/mol. The summed E-state index contributed by atoms with van der Waals surface area (Å²) in [5.41, 5.74) is 2.28. The zero-order valence-electron chi connectivity index (χ0n) is 15.2. The van der Waals surface area contributed by atoms with Crippen LogP contribution in [0.2, 0.25) is 0 Å². The van der Waals surface area contributed by atoms with Gasteiger partial charge in [0, 0.05) is 58.1 Å². The van der Waals surface area contributed by atoms with Crippen molar-refractivity contribution in [2.75, 3.05) is 44.7 Å². The van der Waals surface area contributed by atoms with Gasteiger partial charge in [0.25, 0.3) is 0 Å². The Hall–Kier alpha value is -2.60. The second kappa shape index (κ2) is 9.20. The molecule has 0 atom stereocenters. The quantitative estimate of drug-likeness (QED) is 0.770. The van der Waals surface area contributed by atoms with E-state index in [4.69, 9.17) is 4.74 Å². The molecule has 1 aromatic carbocycles. The summed E-state index contributed by atoms with van der Waals surface area (Å²) in [6.07, 6.45) is 4.09. The topological polar surface area (TPSA) is 57.7 Å². The Kier molecular flexibility index (Phi) is 6.44. The van der Waals surface area contributed by atoms with Crippen LogP contribution in [0.4, 0.5) is 5.69 Å². The maximum absolute atomic E-state index is 12.4. The van der Waals surface area contributed by atoms with Crippen LogP contribution in [-0.2, 0) is 11.3 Å². The number of hydrogen-bond acceptors (Lipinski definition) is 5. The van der Waals surface area contributed by atoms with Crippen LogP contribution < -0.4 is 15.0 Å². The molecule has 6 nitrogen and oxygen atoms in total. The molecule has 0 saturated carbocycles. The highest BCUT2D eigenvalue weighted by molar-refractivity contribution is 5.76. The number of nitrogens with zero attached hydrogens (tertiary/aromatic N) is 3. The number of nitrogens with one attached hydrogen (secondary N) is 1. The summed E-state index contributed by atoms with van der Waals surface area (Å²) in [7, 11) is 1.69. The van der Waals surface area contributed by atoms with Crippen molar-refractivity contribution in [1.29, 1.82) is 0 Å². The molecule has 0 unspecified atom stereocenters. The number of aromatic nitrogens is 1. The van der Waals surface area contributed by atoms with Crippen molar-refractivity contribution >= 4 is 11.6 Å². The first-order valence-electron chi connectivity index (χ1n) is 9.03. The standard InChI is InChI=1S/C20H26N4O2/c1-26-19-5-3-2-4-18(19)23-12-14-24(15-13-23)20(25)8-11-22-16-17-6-9-21-10-7-17/h2-7,9-10,22H,8,11-16H2,1H3. The van der Waals surface area contributed by atoms with Crippen LogP contribution in [0.15, 0.2) is 48.8 Å². The Morgan fingerprint density at radius 2 is 1.85 bits per heavy atom. The van der Waals surface area contributed by atoms with Gasteiger partial charge < -0.3 is 19.9 Å². The van der Waals surface area contributed by atoms with Crippen LogP contribution in [0, 0.1) is 0 Å². The number of carbonyl (C=O) groups is 1. The van der Waals surface area contributed by atoms with Crippen molar-refractivity contribution in [1.82, 2.24) is 15.2 Å². The van der Waals surface area contributed by atoms with Gasteiger partial charge in [-0.05, 0) is 29.8 Å². The zero-order chi connectivity index (χ0) is 18.2. The third kappa shape index (κ3) is 4.73. The number of benzene rings is 1. The van der Waals surface area contributed by atoms with Crippen LogP contribution in [0.5, 0.6) is 5.75 Å². The van der Waals surface area contributed by atoms with Crippen LogP contribution in [0.1, 0.15) is 12.0 Å². The molecule has 1 aromatic heterocycles. The predicted octanol–water partition coefficient (Wildman–Crippen LogP) is 1.92. The first-order valence-corrected chi connectivity index (χ1v) is 9.03. The number of ether oxygens (including phenoxy) is 1. The van der Waals surface area contributed by atoms with E-state index in [1.807, 2.05) is 35.2 Å². The molecule has 1 aliphatic heterocycles. The third-order valence-corrected chi connectivity index (χ3v) is 4.65.